The van der Waals surface area contributed by atoms with E-state index in [1.54, 1.807) is 19.1 Å². The number of carbonyl (C=O) groups is 2. The summed E-state index contributed by atoms with van der Waals surface area (Å²) in [6, 6.07) is 9.31. The van der Waals surface area contributed by atoms with Crippen molar-refractivity contribution in [1.29, 1.82) is 0 Å². The molecule has 34 heavy (non-hydrogen) atoms. The number of morpholine rings is 1. The molecule has 1 aromatic heterocycles. The molecule has 2 aromatic carbocycles. The molecule has 178 valence electrons. The van der Waals surface area contributed by atoms with Crippen LogP contribution in [0.15, 0.2) is 41.2 Å². The Morgan fingerprint density at radius 2 is 1.82 bits per heavy atom. The number of aromatic carboxylic acids is 1. The molecule has 1 fully saturated rings. The van der Waals surface area contributed by atoms with Crippen LogP contribution in [-0.2, 0) is 4.74 Å². The van der Waals surface area contributed by atoms with E-state index in [-0.39, 0.29) is 16.7 Å². The van der Waals surface area contributed by atoms with E-state index in [9.17, 15) is 19.5 Å². The quantitative estimate of drug-likeness (QED) is 0.486. The molecule has 2 N–H and O–H groups in total. The first kappa shape index (κ1) is 23.5. The van der Waals surface area contributed by atoms with E-state index in [1.165, 1.54) is 31.4 Å². The van der Waals surface area contributed by atoms with E-state index in [0.717, 1.165) is 19.6 Å². The summed E-state index contributed by atoms with van der Waals surface area (Å²) in [6.45, 7) is 5.85. The molecule has 4 rings (SSSR count). The molecule has 0 spiro atoms. The van der Waals surface area contributed by atoms with Gasteiger partial charge in [-0.3, -0.25) is 14.5 Å². The number of rotatable bonds is 8. The van der Waals surface area contributed by atoms with Crippen molar-refractivity contribution in [3.63, 3.8) is 0 Å². The molecule has 9 heteroatoms. The summed E-state index contributed by atoms with van der Waals surface area (Å²) < 4.78 is 16.8. The van der Waals surface area contributed by atoms with Gasteiger partial charge in [-0.2, -0.15) is 0 Å². The average molecular weight is 466 g/mol. The smallest absolute Gasteiger partial charge is 0.335 e. The molecule has 0 bridgehead atoms. The van der Waals surface area contributed by atoms with Gasteiger partial charge in [-0.25, -0.2) is 4.79 Å². The summed E-state index contributed by atoms with van der Waals surface area (Å²) >= 11 is 0. The molecule has 2 heterocycles. The van der Waals surface area contributed by atoms with Crippen molar-refractivity contribution < 1.29 is 28.9 Å². The second-order valence-electron chi connectivity index (χ2n) is 8.02. The zero-order valence-electron chi connectivity index (χ0n) is 19.1. The highest BCUT2D eigenvalue weighted by Gasteiger charge is 2.20. The largest absolute Gasteiger partial charge is 0.493 e. The minimum Gasteiger partial charge on any atom is -0.493 e. The van der Waals surface area contributed by atoms with Gasteiger partial charge in [0.2, 0.25) is 0 Å². The standard InChI is InChI=1S/C25H26N2O7/c1-15-17(4-3-5-18(15)25(30)31)23(28)19-12-16-13-22(21(32-2)14-20(16)26-24(19)29)34-11-8-27-6-9-33-10-7-27/h3-5,12-14H,6-11H2,1-2H3,(H,26,29)(H,30,31). The number of nitrogens with zero attached hydrogens (tertiary/aromatic N) is 1. The SMILES string of the molecule is COc1cc2[nH]c(=O)c(C(=O)c3cccc(C(=O)O)c3C)cc2cc1OCCN1CCOCC1. The molecule has 0 radical (unpaired) electrons. The summed E-state index contributed by atoms with van der Waals surface area (Å²) in [5.74, 6) is -0.716. The molecule has 1 saturated heterocycles. The second-order valence-corrected chi connectivity index (χ2v) is 8.02. The Labute approximate surface area is 195 Å². The van der Waals surface area contributed by atoms with Crippen molar-refractivity contribution >= 4 is 22.7 Å². The van der Waals surface area contributed by atoms with Crippen LogP contribution in [-0.4, -0.2) is 73.3 Å². The van der Waals surface area contributed by atoms with Crippen molar-refractivity contribution in [2.75, 3.05) is 46.6 Å². The number of benzene rings is 2. The Hall–Kier alpha value is -3.69. The minimum atomic E-state index is -1.13. The lowest BCUT2D eigenvalue weighted by Crippen LogP contribution is -2.38. The number of nitrogens with one attached hydrogen (secondary N) is 1. The van der Waals surface area contributed by atoms with Crippen LogP contribution in [0, 0.1) is 6.92 Å². The maximum atomic E-state index is 13.2. The van der Waals surface area contributed by atoms with Crippen LogP contribution in [0.25, 0.3) is 10.9 Å². The molecule has 1 aliphatic heterocycles. The summed E-state index contributed by atoms with van der Waals surface area (Å²) in [5, 5.41) is 9.95. The van der Waals surface area contributed by atoms with Crippen LogP contribution >= 0.6 is 0 Å². The van der Waals surface area contributed by atoms with Gasteiger partial charge in [-0.1, -0.05) is 12.1 Å². The number of carbonyl (C=O) groups excluding carboxylic acids is 1. The highest BCUT2D eigenvalue weighted by Crippen LogP contribution is 2.32. The van der Waals surface area contributed by atoms with Gasteiger partial charge in [0.1, 0.15) is 6.61 Å². The Kier molecular flexibility index (Phi) is 6.95. The van der Waals surface area contributed by atoms with Crippen LogP contribution < -0.4 is 15.0 Å². The number of hydrogen-bond donors (Lipinski definition) is 2. The third kappa shape index (κ3) is 4.80. The van der Waals surface area contributed by atoms with Crippen LogP contribution in [0.1, 0.15) is 31.8 Å². The Bertz CT molecular complexity index is 1290. The maximum Gasteiger partial charge on any atom is 0.335 e. The van der Waals surface area contributed by atoms with Crippen LogP contribution in [0.3, 0.4) is 0 Å². The third-order valence-corrected chi connectivity index (χ3v) is 5.95. The molecule has 0 unspecified atom stereocenters. The molecule has 0 aliphatic carbocycles. The predicted octanol–water partition coefficient (Wildman–Crippen LogP) is 2.49. The normalized spacial score (nSPS) is 14.2. The van der Waals surface area contributed by atoms with Crippen molar-refractivity contribution in [1.82, 2.24) is 9.88 Å². The number of hydrogen-bond acceptors (Lipinski definition) is 7. The molecular weight excluding hydrogens is 440 g/mol. The lowest BCUT2D eigenvalue weighted by molar-refractivity contribution is 0.0321. The lowest BCUT2D eigenvalue weighted by atomic mass is 9.95. The highest BCUT2D eigenvalue weighted by atomic mass is 16.5. The molecule has 3 aromatic rings. The van der Waals surface area contributed by atoms with Gasteiger partial charge in [-0.15, -0.1) is 0 Å². The number of carboxylic acid groups (broad SMARTS) is 1. The zero-order valence-corrected chi connectivity index (χ0v) is 19.1. The minimum absolute atomic E-state index is 0.0174. The fourth-order valence-electron chi connectivity index (χ4n) is 4.02. The number of ether oxygens (including phenoxy) is 3. The fourth-order valence-corrected chi connectivity index (χ4v) is 4.02. The van der Waals surface area contributed by atoms with Crippen molar-refractivity contribution in [3.8, 4) is 11.5 Å². The zero-order chi connectivity index (χ0) is 24.2. The Balaban J connectivity index is 1.65. The van der Waals surface area contributed by atoms with E-state index >= 15 is 0 Å². The summed E-state index contributed by atoms with van der Waals surface area (Å²) in [6.07, 6.45) is 0. The summed E-state index contributed by atoms with van der Waals surface area (Å²) in [7, 11) is 1.52. The monoisotopic (exact) mass is 466 g/mol. The van der Waals surface area contributed by atoms with Crippen molar-refractivity contribution in [2.45, 2.75) is 6.92 Å². The van der Waals surface area contributed by atoms with Crippen molar-refractivity contribution in [3.05, 3.63) is 69.0 Å². The first-order chi connectivity index (χ1) is 16.4. The van der Waals surface area contributed by atoms with E-state index in [0.29, 0.717) is 47.8 Å². The number of H-pyrrole nitrogens is 1. The lowest BCUT2D eigenvalue weighted by Gasteiger charge is -2.26. The number of ketones is 1. The predicted molar refractivity (Wildman–Crippen MR) is 125 cm³/mol. The van der Waals surface area contributed by atoms with E-state index < -0.39 is 17.3 Å². The summed E-state index contributed by atoms with van der Waals surface area (Å²) in [5.41, 5.74) is 0.337. The fraction of sp³-hybridized carbons (Fsp3) is 0.320. The van der Waals surface area contributed by atoms with Gasteiger partial charge in [-0.05, 0) is 30.7 Å². The summed E-state index contributed by atoms with van der Waals surface area (Å²) in [4.78, 5) is 42.3. The van der Waals surface area contributed by atoms with Gasteiger partial charge in [0, 0.05) is 36.7 Å². The number of pyridine rings is 1. The number of fused-ring (bicyclic) bond motifs is 1. The Morgan fingerprint density at radius 3 is 2.53 bits per heavy atom. The Morgan fingerprint density at radius 1 is 1.09 bits per heavy atom. The molecule has 9 nitrogen and oxygen atoms in total. The molecular formula is C25H26N2O7. The third-order valence-electron chi connectivity index (χ3n) is 5.95. The highest BCUT2D eigenvalue weighted by molar-refractivity contribution is 6.12. The van der Waals surface area contributed by atoms with Crippen LogP contribution in [0.2, 0.25) is 0 Å². The van der Waals surface area contributed by atoms with Crippen molar-refractivity contribution in [2.24, 2.45) is 0 Å². The van der Waals surface area contributed by atoms with Gasteiger partial charge >= 0.3 is 5.97 Å². The van der Waals surface area contributed by atoms with Gasteiger partial charge in [0.05, 0.1) is 37.0 Å². The number of aromatic amines is 1. The molecule has 1 aliphatic rings. The molecule has 0 amide bonds. The maximum absolute atomic E-state index is 13.2. The first-order valence-corrected chi connectivity index (χ1v) is 10.9. The first-order valence-electron chi connectivity index (χ1n) is 10.9. The molecule has 0 saturated carbocycles. The van der Waals surface area contributed by atoms with Crippen LogP contribution in [0.5, 0.6) is 11.5 Å². The van der Waals surface area contributed by atoms with E-state index in [2.05, 4.69) is 9.88 Å². The topological polar surface area (TPSA) is 118 Å². The second kappa shape index (κ2) is 10.1. The van der Waals surface area contributed by atoms with Gasteiger partial charge in [0.15, 0.2) is 17.3 Å². The van der Waals surface area contributed by atoms with Gasteiger partial charge < -0.3 is 24.3 Å². The van der Waals surface area contributed by atoms with E-state index in [1.807, 2.05) is 0 Å². The number of aromatic nitrogens is 1. The number of methoxy groups -OCH3 is 1. The number of carboxylic acids is 1. The van der Waals surface area contributed by atoms with Crippen LogP contribution in [0.4, 0.5) is 0 Å². The molecule has 0 atom stereocenters. The average Bonchev–Trinajstić information content (AvgIpc) is 2.83. The van der Waals surface area contributed by atoms with Gasteiger partial charge in [0.25, 0.3) is 5.56 Å². The van der Waals surface area contributed by atoms with E-state index in [4.69, 9.17) is 14.2 Å².